The first kappa shape index (κ1) is 12.3. The molecule has 17 heavy (non-hydrogen) atoms. The van der Waals surface area contributed by atoms with Crippen LogP contribution in [0.1, 0.15) is 6.92 Å². The zero-order chi connectivity index (χ0) is 12.6. The van der Waals surface area contributed by atoms with Crippen LogP contribution in [0.2, 0.25) is 5.02 Å². The average molecular weight is 316 g/mol. The third-order valence-corrected chi connectivity index (χ3v) is 3.46. The molecule has 0 radical (unpaired) electrons. The number of hydrogen-bond donors (Lipinski definition) is 0. The van der Waals surface area contributed by atoms with Gasteiger partial charge in [-0.2, -0.15) is 0 Å². The van der Waals surface area contributed by atoms with E-state index in [1.165, 1.54) is 17.8 Å². The molecule has 2 rings (SSSR count). The Morgan fingerprint density at radius 3 is 2.88 bits per heavy atom. The molecule has 0 aliphatic rings. The number of Topliss-reactive ketones (excluding diaryl/α,β-unsaturated/α-hetero) is 1. The number of halogens is 2. The Morgan fingerprint density at radius 1 is 1.53 bits per heavy atom. The lowest BCUT2D eigenvalue weighted by molar-refractivity contribution is -0.117. The van der Waals surface area contributed by atoms with Crippen molar-refractivity contribution in [2.24, 2.45) is 0 Å². The Morgan fingerprint density at radius 2 is 2.24 bits per heavy atom. The van der Waals surface area contributed by atoms with Gasteiger partial charge in [-0.3, -0.25) is 14.2 Å². The smallest absolute Gasteiger partial charge is 0.261 e. The molecule has 0 aliphatic carbocycles. The van der Waals surface area contributed by atoms with Gasteiger partial charge in [-0.25, -0.2) is 4.98 Å². The summed E-state index contributed by atoms with van der Waals surface area (Å²) in [4.78, 5) is 27.1. The van der Waals surface area contributed by atoms with Gasteiger partial charge in [-0.05, 0) is 35.0 Å². The monoisotopic (exact) mass is 314 g/mol. The molecule has 6 heteroatoms. The molecule has 88 valence electrons. The van der Waals surface area contributed by atoms with Crippen LogP contribution in [0.15, 0.2) is 27.7 Å². The summed E-state index contributed by atoms with van der Waals surface area (Å²) in [6.45, 7) is 1.45. The summed E-state index contributed by atoms with van der Waals surface area (Å²) in [5, 5.41) is 0.846. The molecule has 0 N–H and O–H groups in total. The molecule has 0 unspecified atom stereocenters. The van der Waals surface area contributed by atoms with Gasteiger partial charge in [0, 0.05) is 4.47 Å². The van der Waals surface area contributed by atoms with Crippen molar-refractivity contribution in [2.75, 3.05) is 0 Å². The van der Waals surface area contributed by atoms with Crippen molar-refractivity contribution >= 4 is 44.2 Å². The second kappa shape index (κ2) is 4.58. The zero-order valence-electron chi connectivity index (χ0n) is 8.91. The summed E-state index contributed by atoms with van der Waals surface area (Å²) in [6, 6.07) is 3.23. The van der Waals surface area contributed by atoms with Crippen LogP contribution in [0, 0.1) is 0 Å². The first-order chi connectivity index (χ1) is 7.99. The lowest BCUT2D eigenvalue weighted by Gasteiger charge is -2.05. The van der Waals surface area contributed by atoms with E-state index >= 15 is 0 Å². The van der Waals surface area contributed by atoms with Crippen LogP contribution in [-0.4, -0.2) is 15.3 Å². The van der Waals surface area contributed by atoms with Gasteiger partial charge in [0.05, 0.1) is 28.8 Å². The van der Waals surface area contributed by atoms with E-state index in [2.05, 4.69) is 20.9 Å². The molecule has 0 saturated carbocycles. The third kappa shape index (κ3) is 2.40. The minimum Gasteiger partial charge on any atom is -0.298 e. The number of ketones is 1. The second-order valence-electron chi connectivity index (χ2n) is 3.66. The summed E-state index contributed by atoms with van der Waals surface area (Å²) in [6.07, 6.45) is 1.37. The lowest BCUT2D eigenvalue weighted by Crippen LogP contribution is -2.23. The van der Waals surface area contributed by atoms with Gasteiger partial charge >= 0.3 is 0 Å². The van der Waals surface area contributed by atoms with E-state index in [1.54, 1.807) is 12.1 Å². The minimum atomic E-state index is -0.264. The van der Waals surface area contributed by atoms with Gasteiger partial charge in [0.25, 0.3) is 5.56 Å². The van der Waals surface area contributed by atoms with E-state index < -0.39 is 0 Å². The molecule has 0 bridgehead atoms. The quantitative estimate of drug-likeness (QED) is 0.855. The number of nitrogens with zero attached hydrogens (tertiary/aromatic N) is 2. The maximum absolute atomic E-state index is 12.0. The van der Waals surface area contributed by atoms with Crippen LogP contribution in [0.5, 0.6) is 0 Å². The van der Waals surface area contributed by atoms with Crippen LogP contribution in [-0.2, 0) is 11.3 Å². The van der Waals surface area contributed by atoms with E-state index in [0.29, 0.717) is 20.4 Å². The second-order valence-corrected chi connectivity index (χ2v) is 4.92. The number of hydrogen-bond acceptors (Lipinski definition) is 3. The molecule has 1 aromatic carbocycles. The Labute approximate surface area is 110 Å². The Bertz CT molecular complexity index is 666. The Hall–Kier alpha value is -1.20. The summed E-state index contributed by atoms with van der Waals surface area (Å²) in [7, 11) is 0. The molecule has 0 aliphatic heterocycles. The van der Waals surface area contributed by atoms with E-state index in [-0.39, 0.29) is 17.9 Å². The Kier molecular flexibility index (Phi) is 3.31. The fraction of sp³-hybridized carbons (Fsp3) is 0.182. The van der Waals surface area contributed by atoms with E-state index in [0.717, 1.165) is 0 Å². The molecule has 0 fully saturated rings. The van der Waals surface area contributed by atoms with Gasteiger partial charge in [-0.1, -0.05) is 11.6 Å². The van der Waals surface area contributed by atoms with Gasteiger partial charge in [0.1, 0.15) is 5.78 Å². The predicted molar refractivity (Wildman–Crippen MR) is 69.4 cm³/mol. The first-order valence-electron chi connectivity index (χ1n) is 4.82. The lowest BCUT2D eigenvalue weighted by atomic mass is 10.2. The molecule has 0 amide bonds. The van der Waals surface area contributed by atoms with Crippen molar-refractivity contribution in [3.05, 3.63) is 38.3 Å². The highest BCUT2D eigenvalue weighted by Gasteiger charge is 2.08. The summed E-state index contributed by atoms with van der Waals surface area (Å²) in [5.41, 5.74) is 0.283. The largest absolute Gasteiger partial charge is 0.298 e. The number of carbonyl (C=O) groups is 1. The summed E-state index contributed by atoms with van der Waals surface area (Å²) < 4.78 is 1.96. The number of carbonyl (C=O) groups excluding carboxylic acids is 1. The number of fused-ring (bicyclic) bond motifs is 1. The zero-order valence-corrected chi connectivity index (χ0v) is 11.2. The molecule has 0 atom stereocenters. The minimum absolute atomic E-state index is 0.0233. The van der Waals surface area contributed by atoms with Crippen LogP contribution in [0.25, 0.3) is 10.9 Å². The van der Waals surface area contributed by atoms with Crippen molar-refractivity contribution in [3.63, 3.8) is 0 Å². The molecule has 2 aromatic rings. The van der Waals surface area contributed by atoms with Gasteiger partial charge in [0.2, 0.25) is 0 Å². The van der Waals surface area contributed by atoms with Crippen LogP contribution in [0.4, 0.5) is 0 Å². The average Bonchev–Trinajstić information content (AvgIpc) is 2.25. The normalized spacial score (nSPS) is 10.8. The maximum Gasteiger partial charge on any atom is 0.261 e. The van der Waals surface area contributed by atoms with Crippen LogP contribution < -0.4 is 5.56 Å². The highest BCUT2D eigenvalue weighted by molar-refractivity contribution is 9.10. The van der Waals surface area contributed by atoms with Crippen molar-refractivity contribution in [1.82, 2.24) is 9.55 Å². The SMILES string of the molecule is CC(=O)Cn1cnc2cc(Br)c(Cl)cc2c1=O. The molecule has 0 spiro atoms. The van der Waals surface area contributed by atoms with E-state index in [4.69, 9.17) is 11.6 Å². The molecular weight excluding hydrogens is 307 g/mol. The van der Waals surface area contributed by atoms with Crippen molar-refractivity contribution in [3.8, 4) is 0 Å². The third-order valence-electron chi connectivity index (χ3n) is 2.26. The number of aromatic nitrogens is 2. The predicted octanol–water partition coefficient (Wildman–Crippen LogP) is 2.40. The van der Waals surface area contributed by atoms with Crippen molar-refractivity contribution in [2.45, 2.75) is 13.5 Å². The van der Waals surface area contributed by atoms with E-state index in [1.807, 2.05) is 0 Å². The maximum atomic E-state index is 12.0. The molecule has 0 saturated heterocycles. The summed E-state index contributed by atoms with van der Waals surface area (Å²) in [5.74, 6) is -0.101. The van der Waals surface area contributed by atoms with Crippen LogP contribution in [0.3, 0.4) is 0 Å². The van der Waals surface area contributed by atoms with E-state index in [9.17, 15) is 9.59 Å². The van der Waals surface area contributed by atoms with Crippen LogP contribution >= 0.6 is 27.5 Å². The summed E-state index contributed by atoms with van der Waals surface area (Å²) >= 11 is 9.19. The molecule has 4 nitrogen and oxygen atoms in total. The fourth-order valence-electron chi connectivity index (χ4n) is 1.51. The number of benzene rings is 1. The van der Waals surface area contributed by atoms with Crippen molar-refractivity contribution in [1.29, 1.82) is 0 Å². The molecule has 1 aromatic heterocycles. The van der Waals surface area contributed by atoms with Gasteiger partial charge < -0.3 is 0 Å². The molecule has 1 heterocycles. The van der Waals surface area contributed by atoms with Gasteiger partial charge in [0.15, 0.2) is 0 Å². The molecular formula is C11H8BrClN2O2. The topological polar surface area (TPSA) is 52.0 Å². The first-order valence-corrected chi connectivity index (χ1v) is 6.00. The number of rotatable bonds is 2. The highest BCUT2D eigenvalue weighted by atomic mass is 79.9. The van der Waals surface area contributed by atoms with Gasteiger partial charge in [-0.15, -0.1) is 0 Å². The van der Waals surface area contributed by atoms with Crippen molar-refractivity contribution < 1.29 is 4.79 Å². The highest BCUT2D eigenvalue weighted by Crippen LogP contribution is 2.25. The standard InChI is InChI=1S/C11H8BrClN2O2/c1-6(16)4-15-5-14-10-3-8(12)9(13)2-7(10)11(15)17/h2-3,5H,4H2,1H3. The Balaban J connectivity index is 2.71. The fourth-order valence-corrected chi connectivity index (χ4v) is 2.00.